The van der Waals surface area contributed by atoms with Gasteiger partial charge in [-0.2, -0.15) is 0 Å². The van der Waals surface area contributed by atoms with Crippen LogP contribution in [0, 0.1) is 0 Å². The minimum absolute atomic E-state index is 0.0746. The quantitative estimate of drug-likeness (QED) is 0.878. The van der Waals surface area contributed by atoms with Gasteiger partial charge >= 0.3 is 0 Å². The molecule has 4 nitrogen and oxygen atoms in total. The average molecular weight is 335 g/mol. The Morgan fingerprint density at radius 3 is 2.56 bits per heavy atom. The van der Waals surface area contributed by atoms with E-state index in [0.717, 1.165) is 51.1 Å². The lowest BCUT2D eigenvalue weighted by Crippen LogP contribution is -2.50. The van der Waals surface area contributed by atoms with Crippen LogP contribution in [0.25, 0.3) is 0 Å². The van der Waals surface area contributed by atoms with Crippen LogP contribution in [-0.4, -0.2) is 34.8 Å². The first-order valence-corrected chi connectivity index (χ1v) is 9.15. The van der Waals surface area contributed by atoms with Gasteiger partial charge in [0.15, 0.2) is 0 Å². The highest BCUT2D eigenvalue weighted by Crippen LogP contribution is 2.27. The molecule has 1 fully saturated rings. The summed E-state index contributed by atoms with van der Waals surface area (Å²) in [6.07, 6.45) is 3.06. The summed E-state index contributed by atoms with van der Waals surface area (Å²) >= 11 is 0. The molecule has 25 heavy (non-hydrogen) atoms. The first kappa shape index (κ1) is 16.2. The van der Waals surface area contributed by atoms with Crippen LogP contribution in [-0.2, 0) is 24.3 Å². The van der Waals surface area contributed by atoms with Crippen LogP contribution in [0.5, 0.6) is 0 Å². The number of likely N-dealkylation sites (tertiary alicyclic amines) is 1. The van der Waals surface area contributed by atoms with Crippen molar-refractivity contribution in [2.24, 2.45) is 0 Å². The third kappa shape index (κ3) is 3.40. The molecule has 2 N–H and O–H groups in total. The zero-order valence-electron chi connectivity index (χ0n) is 14.5. The molecular formula is C21H25N3O. The van der Waals surface area contributed by atoms with Gasteiger partial charge in [-0.1, -0.05) is 36.4 Å². The molecule has 0 bridgehead atoms. The minimum atomic E-state index is -0.0746. The normalized spacial score (nSPS) is 20.5. The first-order chi connectivity index (χ1) is 12.2. The van der Waals surface area contributed by atoms with Crippen molar-refractivity contribution in [2.75, 3.05) is 18.8 Å². The van der Waals surface area contributed by atoms with Crippen LogP contribution in [0.4, 0.5) is 5.69 Å². The zero-order valence-corrected chi connectivity index (χ0v) is 14.5. The largest absolute Gasteiger partial charge is 0.399 e. The monoisotopic (exact) mass is 335 g/mol. The SMILES string of the molecule is Nc1cccc(CN2Cc3ccccc3CC2C(=O)N2CCCC2)c1. The van der Waals surface area contributed by atoms with Crippen molar-refractivity contribution in [3.63, 3.8) is 0 Å². The van der Waals surface area contributed by atoms with Crippen LogP contribution in [0.2, 0.25) is 0 Å². The van der Waals surface area contributed by atoms with Crippen LogP contribution in [0.1, 0.15) is 29.5 Å². The van der Waals surface area contributed by atoms with Crippen molar-refractivity contribution in [2.45, 2.75) is 38.4 Å². The summed E-state index contributed by atoms with van der Waals surface area (Å²) in [5.41, 5.74) is 10.5. The molecule has 0 saturated carbocycles. The van der Waals surface area contributed by atoms with Gasteiger partial charge in [-0.15, -0.1) is 0 Å². The fourth-order valence-electron chi connectivity index (χ4n) is 4.06. The standard InChI is InChI=1S/C21H25N3O/c22-19-9-5-6-16(12-19)14-24-15-18-8-2-1-7-17(18)13-20(24)21(25)23-10-3-4-11-23/h1-2,5-9,12,20H,3-4,10-11,13-15,22H2. The van der Waals surface area contributed by atoms with E-state index in [1.807, 2.05) is 23.1 Å². The van der Waals surface area contributed by atoms with E-state index < -0.39 is 0 Å². The Balaban J connectivity index is 1.61. The maximum atomic E-state index is 13.1. The number of nitrogen functional groups attached to an aromatic ring is 1. The third-order valence-electron chi connectivity index (χ3n) is 5.39. The van der Waals surface area contributed by atoms with E-state index in [1.165, 1.54) is 16.7 Å². The molecular weight excluding hydrogens is 310 g/mol. The fraction of sp³-hybridized carbons (Fsp3) is 0.381. The Hall–Kier alpha value is -2.33. The predicted molar refractivity (Wildman–Crippen MR) is 99.8 cm³/mol. The first-order valence-electron chi connectivity index (χ1n) is 9.15. The molecule has 2 aliphatic rings. The number of benzene rings is 2. The van der Waals surface area contributed by atoms with Gasteiger partial charge in [-0.05, 0) is 48.1 Å². The van der Waals surface area contributed by atoms with Crippen molar-refractivity contribution in [3.8, 4) is 0 Å². The molecule has 1 amide bonds. The number of carbonyl (C=O) groups excluding carboxylic acids is 1. The van der Waals surface area contributed by atoms with Gasteiger partial charge in [0, 0.05) is 31.9 Å². The summed E-state index contributed by atoms with van der Waals surface area (Å²) in [6, 6.07) is 16.4. The highest BCUT2D eigenvalue weighted by molar-refractivity contribution is 5.83. The van der Waals surface area contributed by atoms with Gasteiger partial charge < -0.3 is 10.6 Å². The maximum absolute atomic E-state index is 13.1. The van der Waals surface area contributed by atoms with Gasteiger partial charge in [-0.25, -0.2) is 0 Å². The predicted octanol–water partition coefficient (Wildman–Crippen LogP) is 2.82. The second-order valence-corrected chi connectivity index (χ2v) is 7.17. The minimum Gasteiger partial charge on any atom is -0.399 e. The second-order valence-electron chi connectivity index (χ2n) is 7.17. The maximum Gasteiger partial charge on any atom is 0.240 e. The van der Waals surface area contributed by atoms with Gasteiger partial charge in [0.2, 0.25) is 5.91 Å². The van der Waals surface area contributed by atoms with Crippen LogP contribution in [0.15, 0.2) is 48.5 Å². The lowest BCUT2D eigenvalue weighted by molar-refractivity contribution is -0.136. The molecule has 0 aromatic heterocycles. The number of hydrogen-bond donors (Lipinski definition) is 1. The van der Waals surface area contributed by atoms with Gasteiger partial charge in [-0.3, -0.25) is 9.69 Å². The lowest BCUT2D eigenvalue weighted by atomic mass is 9.92. The highest BCUT2D eigenvalue weighted by Gasteiger charge is 2.34. The number of carbonyl (C=O) groups is 1. The summed E-state index contributed by atoms with van der Waals surface area (Å²) < 4.78 is 0. The zero-order chi connectivity index (χ0) is 17.2. The van der Waals surface area contributed by atoms with Crippen molar-refractivity contribution < 1.29 is 4.79 Å². The number of hydrogen-bond acceptors (Lipinski definition) is 3. The third-order valence-corrected chi connectivity index (χ3v) is 5.39. The smallest absolute Gasteiger partial charge is 0.240 e. The van der Waals surface area contributed by atoms with Crippen molar-refractivity contribution in [1.82, 2.24) is 9.80 Å². The van der Waals surface area contributed by atoms with Crippen LogP contribution < -0.4 is 5.73 Å². The van der Waals surface area contributed by atoms with E-state index in [9.17, 15) is 4.79 Å². The molecule has 0 spiro atoms. The Bertz CT molecular complexity index is 767. The summed E-state index contributed by atoms with van der Waals surface area (Å²) in [5, 5.41) is 0. The molecule has 2 heterocycles. The Labute approximate surface area is 149 Å². The molecule has 2 aromatic carbocycles. The number of fused-ring (bicyclic) bond motifs is 1. The summed E-state index contributed by atoms with van der Waals surface area (Å²) in [4.78, 5) is 17.5. The molecule has 1 atom stereocenters. The molecule has 0 radical (unpaired) electrons. The van der Waals surface area contributed by atoms with Crippen molar-refractivity contribution in [3.05, 3.63) is 65.2 Å². The van der Waals surface area contributed by atoms with E-state index in [4.69, 9.17) is 5.73 Å². The van der Waals surface area contributed by atoms with E-state index >= 15 is 0 Å². The summed E-state index contributed by atoms with van der Waals surface area (Å²) in [6.45, 7) is 3.38. The summed E-state index contributed by atoms with van der Waals surface area (Å²) in [5.74, 6) is 0.288. The Morgan fingerprint density at radius 1 is 1.04 bits per heavy atom. The number of anilines is 1. The van der Waals surface area contributed by atoms with Gasteiger partial charge in [0.25, 0.3) is 0 Å². The van der Waals surface area contributed by atoms with E-state index in [2.05, 4.69) is 35.2 Å². The van der Waals surface area contributed by atoms with E-state index in [-0.39, 0.29) is 11.9 Å². The van der Waals surface area contributed by atoms with Gasteiger partial charge in [0.05, 0.1) is 6.04 Å². The summed E-state index contributed by atoms with van der Waals surface area (Å²) in [7, 11) is 0. The molecule has 0 aliphatic carbocycles. The van der Waals surface area contributed by atoms with E-state index in [0.29, 0.717) is 0 Å². The Morgan fingerprint density at radius 2 is 1.80 bits per heavy atom. The number of nitrogens with zero attached hydrogens (tertiary/aromatic N) is 2. The molecule has 4 rings (SSSR count). The fourth-order valence-corrected chi connectivity index (χ4v) is 4.06. The highest BCUT2D eigenvalue weighted by atomic mass is 16.2. The molecule has 1 unspecified atom stereocenters. The number of nitrogens with two attached hydrogens (primary N) is 1. The number of rotatable bonds is 3. The van der Waals surface area contributed by atoms with Crippen LogP contribution in [0.3, 0.4) is 0 Å². The molecule has 4 heteroatoms. The van der Waals surface area contributed by atoms with Crippen molar-refractivity contribution in [1.29, 1.82) is 0 Å². The topological polar surface area (TPSA) is 49.6 Å². The van der Waals surface area contributed by atoms with Gasteiger partial charge in [0.1, 0.15) is 0 Å². The molecule has 1 saturated heterocycles. The van der Waals surface area contributed by atoms with Crippen molar-refractivity contribution >= 4 is 11.6 Å². The Kier molecular flexibility index (Phi) is 4.45. The molecule has 2 aliphatic heterocycles. The lowest BCUT2D eigenvalue weighted by Gasteiger charge is -2.38. The second kappa shape index (κ2) is 6.89. The number of amides is 1. The molecule has 130 valence electrons. The average Bonchev–Trinajstić information content (AvgIpc) is 3.15. The van der Waals surface area contributed by atoms with E-state index in [1.54, 1.807) is 0 Å². The van der Waals surface area contributed by atoms with Crippen LogP contribution >= 0.6 is 0 Å². The molecule has 2 aromatic rings.